The van der Waals surface area contributed by atoms with Crippen molar-refractivity contribution in [1.29, 1.82) is 5.26 Å². The monoisotopic (exact) mass is 287 g/mol. The van der Waals surface area contributed by atoms with Gasteiger partial charge in [-0.1, -0.05) is 43.6 Å². The summed E-state index contributed by atoms with van der Waals surface area (Å²) < 4.78 is 0. The molecule has 4 nitrogen and oxygen atoms in total. The Balaban J connectivity index is 2.34. The Kier molecular flexibility index (Phi) is 4.21. The highest BCUT2D eigenvalue weighted by molar-refractivity contribution is 6.35. The average Bonchev–Trinajstić information content (AvgIpc) is 2.44. The van der Waals surface area contributed by atoms with Crippen molar-refractivity contribution >= 4 is 28.4 Å². The Morgan fingerprint density at radius 3 is 2.75 bits per heavy atom. The smallest absolute Gasteiger partial charge is 0.270 e. The molecule has 0 saturated carbocycles. The molecule has 1 N–H and O–H groups in total. The van der Waals surface area contributed by atoms with E-state index in [0.717, 1.165) is 5.39 Å². The second kappa shape index (κ2) is 5.89. The summed E-state index contributed by atoms with van der Waals surface area (Å²) in [5, 5.41) is 12.9. The van der Waals surface area contributed by atoms with Crippen molar-refractivity contribution in [3.63, 3.8) is 0 Å². The van der Waals surface area contributed by atoms with Gasteiger partial charge >= 0.3 is 0 Å². The number of amides is 1. The lowest BCUT2D eigenvalue weighted by Crippen LogP contribution is -2.37. The highest BCUT2D eigenvalue weighted by Crippen LogP contribution is 2.22. The summed E-state index contributed by atoms with van der Waals surface area (Å²) in [5.41, 5.74) is 0.873. The van der Waals surface area contributed by atoms with Gasteiger partial charge in [-0.15, -0.1) is 0 Å². The van der Waals surface area contributed by atoms with E-state index in [0.29, 0.717) is 10.5 Å². The minimum absolute atomic E-state index is 0.0277. The van der Waals surface area contributed by atoms with Crippen LogP contribution in [-0.4, -0.2) is 16.9 Å². The number of carbonyl (C=O) groups excluding carboxylic acids is 1. The molecule has 1 heterocycles. The largest absolute Gasteiger partial charge is 0.335 e. The molecule has 2 rings (SSSR count). The Hall–Kier alpha value is -2.12. The molecule has 1 atom stereocenters. The summed E-state index contributed by atoms with van der Waals surface area (Å²) >= 11 is 6.15. The Morgan fingerprint density at radius 1 is 1.40 bits per heavy atom. The minimum Gasteiger partial charge on any atom is -0.335 e. The number of hydrogen-bond acceptors (Lipinski definition) is 3. The van der Waals surface area contributed by atoms with E-state index in [9.17, 15) is 4.79 Å². The van der Waals surface area contributed by atoms with Gasteiger partial charge in [-0.05, 0) is 18.1 Å². The van der Waals surface area contributed by atoms with Crippen molar-refractivity contribution in [2.24, 2.45) is 5.92 Å². The first-order valence-corrected chi connectivity index (χ1v) is 6.66. The molecule has 0 aliphatic heterocycles. The van der Waals surface area contributed by atoms with Crippen molar-refractivity contribution in [2.75, 3.05) is 0 Å². The molecule has 0 radical (unpaired) electrons. The number of hydrogen-bond donors (Lipinski definition) is 1. The van der Waals surface area contributed by atoms with Crippen molar-refractivity contribution in [1.82, 2.24) is 10.3 Å². The van der Waals surface area contributed by atoms with E-state index in [2.05, 4.69) is 16.4 Å². The Morgan fingerprint density at radius 2 is 2.10 bits per heavy atom. The quantitative estimate of drug-likeness (QED) is 0.943. The number of rotatable bonds is 3. The van der Waals surface area contributed by atoms with E-state index in [1.807, 2.05) is 32.0 Å². The number of nitriles is 1. The third-order valence-corrected chi connectivity index (χ3v) is 3.30. The van der Waals surface area contributed by atoms with Gasteiger partial charge in [0.25, 0.3) is 5.91 Å². The molecule has 0 aliphatic carbocycles. The number of para-hydroxylation sites is 1. The highest BCUT2D eigenvalue weighted by Gasteiger charge is 2.18. The summed E-state index contributed by atoms with van der Waals surface area (Å²) in [4.78, 5) is 16.4. The van der Waals surface area contributed by atoms with E-state index >= 15 is 0 Å². The predicted molar refractivity (Wildman–Crippen MR) is 78.5 cm³/mol. The molecule has 0 fully saturated rings. The summed E-state index contributed by atoms with van der Waals surface area (Å²) in [6, 6.07) is 10.4. The number of pyridine rings is 1. The first kappa shape index (κ1) is 14.3. The molecular weight excluding hydrogens is 274 g/mol. The lowest BCUT2D eigenvalue weighted by Gasteiger charge is -2.14. The number of benzene rings is 1. The van der Waals surface area contributed by atoms with Gasteiger partial charge in [0.05, 0.1) is 16.6 Å². The van der Waals surface area contributed by atoms with Crippen LogP contribution in [0.4, 0.5) is 0 Å². The van der Waals surface area contributed by atoms with Crippen molar-refractivity contribution in [2.45, 2.75) is 19.9 Å². The predicted octanol–water partition coefficient (Wildman–Crippen LogP) is 3.17. The molecule has 1 unspecified atom stereocenters. The molecule has 0 aliphatic rings. The van der Waals surface area contributed by atoms with Crippen LogP contribution in [0.3, 0.4) is 0 Å². The van der Waals surface area contributed by atoms with Crippen LogP contribution in [0.25, 0.3) is 10.9 Å². The van der Waals surface area contributed by atoms with Crippen LogP contribution in [-0.2, 0) is 0 Å². The van der Waals surface area contributed by atoms with Gasteiger partial charge in [-0.25, -0.2) is 4.98 Å². The van der Waals surface area contributed by atoms with Gasteiger partial charge in [0.1, 0.15) is 11.7 Å². The molecule has 1 amide bonds. The first-order valence-electron chi connectivity index (χ1n) is 6.28. The molecule has 20 heavy (non-hydrogen) atoms. The molecule has 0 spiro atoms. The zero-order valence-electron chi connectivity index (χ0n) is 11.2. The van der Waals surface area contributed by atoms with Gasteiger partial charge in [-0.3, -0.25) is 4.79 Å². The fourth-order valence-electron chi connectivity index (χ4n) is 1.81. The molecular formula is C15H14ClN3O. The zero-order chi connectivity index (χ0) is 14.7. The van der Waals surface area contributed by atoms with E-state index in [-0.39, 0.29) is 11.6 Å². The Bertz CT molecular complexity index is 691. The number of aromatic nitrogens is 1. The lowest BCUT2D eigenvalue weighted by molar-refractivity contribution is 0.0933. The number of fused-ring (bicyclic) bond motifs is 1. The van der Waals surface area contributed by atoms with E-state index < -0.39 is 11.9 Å². The first-order chi connectivity index (χ1) is 9.52. The number of halogens is 1. The summed E-state index contributed by atoms with van der Waals surface area (Å²) in [6.07, 6.45) is 0. The molecule has 0 saturated heterocycles. The summed E-state index contributed by atoms with van der Waals surface area (Å²) in [5.74, 6) is -0.363. The van der Waals surface area contributed by atoms with Gasteiger partial charge in [-0.2, -0.15) is 5.26 Å². The van der Waals surface area contributed by atoms with Crippen LogP contribution in [0.5, 0.6) is 0 Å². The third kappa shape index (κ3) is 2.89. The number of nitrogens with one attached hydrogen (secondary N) is 1. The zero-order valence-corrected chi connectivity index (χ0v) is 12.0. The van der Waals surface area contributed by atoms with Crippen molar-refractivity contribution in [3.05, 3.63) is 41.0 Å². The standard InChI is InChI=1S/C15H14ClN3O/c1-9(2)14(8-17)19-15(20)13-7-11(16)10-5-3-4-6-12(10)18-13/h3-7,9,14H,1-2H3,(H,19,20). The lowest BCUT2D eigenvalue weighted by atomic mass is 10.1. The normalized spacial score (nSPS) is 12.2. The molecule has 2 aromatic rings. The van der Waals surface area contributed by atoms with E-state index in [4.69, 9.17) is 16.9 Å². The maximum Gasteiger partial charge on any atom is 0.270 e. The van der Waals surface area contributed by atoms with Crippen LogP contribution in [0.2, 0.25) is 5.02 Å². The summed E-state index contributed by atoms with van der Waals surface area (Å²) in [7, 11) is 0. The van der Waals surface area contributed by atoms with Crippen LogP contribution < -0.4 is 5.32 Å². The van der Waals surface area contributed by atoms with E-state index in [1.165, 1.54) is 6.07 Å². The number of nitrogens with zero attached hydrogens (tertiary/aromatic N) is 2. The van der Waals surface area contributed by atoms with Gasteiger partial charge in [0.15, 0.2) is 0 Å². The highest BCUT2D eigenvalue weighted by atomic mass is 35.5. The Labute approximate surface area is 122 Å². The molecule has 0 bridgehead atoms. The van der Waals surface area contributed by atoms with Crippen molar-refractivity contribution < 1.29 is 4.79 Å². The van der Waals surface area contributed by atoms with Crippen LogP contribution in [0.15, 0.2) is 30.3 Å². The fourth-order valence-corrected chi connectivity index (χ4v) is 2.08. The number of carbonyl (C=O) groups is 1. The average molecular weight is 288 g/mol. The molecule has 1 aromatic carbocycles. The van der Waals surface area contributed by atoms with Gasteiger partial charge in [0, 0.05) is 5.39 Å². The molecule has 102 valence electrons. The van der Waals surface area contributed by atoms with Crippen LogP contribution in [0.1, 0.15) is 24.3 Å². The third-order valence-electron chi connectivity index (χ3n) is 2.99. The van der Waals surface area contributed by atoms with Crippen LogP contribution >= 0.6 is 11.6 Å². The minimum atomic E-state index is -0.547. The maximum absolute atomic E-state index is 12.1. The van der Waals surface area contributed by atoms with Gasteiger partial charge in [0.2, 0.25) is 0 Å². The summed E-state index contributed by atoms with van der Waals surface area (Å²) in [6.45, 7) is 3.74. The maximum atomic E-state index is 12.1. The topological polar surface area (TPSA) is 65.8 Å². The molecule has 5 heteroatoms. The van der Waals surface area contributed by atoms with Crippen molar-refractivity contribution in [3.8, 4) is 6.07 Å². The second-order valence-corrected chi connectivity index (χ2v) is 5.24. The van der Waals surface area contributed by atoms with Crippen LogP contribution in [0, 0.1) is 17.2 Å². The fraction of sp³-hybridized carbons (Fsp3) is 0.267. The van der Waals surface area contributed by atoms with Gasteiger partial charge < -0.3 is 5.32 Å². The SMILES string of the molecule is CC(C)C(C#N)NC(=O)c1cc(Cl)c2ccccc2n1. The van der Waals surface area contributed by atoms with E-state index in [1.54, 1.807) is 6.07 Å². The second-order valence-electron chi connectivity index (χ2n) is 4.83. The molecule has 1 aromatic heterocycles.